The Hall–Kier alpha value is -0.900. The average Bonchev–Trinajstić information content (AvgIpc) is 3.00. The fourth-order valence-electron chi connectivity index (χ4n) is 3.78. The summed E-state index contributed by atoms with van der Waals surface area (Å²) >= 11 is 0. The Bertz CT molecular complexity index is 527. The predicted molar refractivity (Wildman–Crippen MR) is 93.9 cm³/mol. The third kappa shape index (κ3) is 4.14. The van der Waals surface area contributed by atoms with Gasteiger partial charge in [0.05, 0.1) is 6.10 Å². The van der Waals surface area contributed by atoms with Crippen molar-refractivity contribution in [2.75, 3.05) is 0 Å². The molecule has 0 spiro atoms. The van der Waals surface area contributed by atoms with Gasteiger partial charge in [-0.05, 0) is 68.4 Å². The van der Waals surface area contributed by atoms with Crippen molar-refractivity contribution in [2.24, 2.45) is 17.3 Å². The standard InChI is InChI=1S/C20H32O3/c1-12-6-8-15-16(20(15,4)5)10-14(3)19(23)18(22)11-13(2)17(21)9-7-12/h7,10-11,15-19,21-23H,6,8-9H2,1-5H3/b12-7-,13-11-,14-10-. The predicted octanol–water partition coefficient (Wildman–Crippen LogP) is 3.36. The minimum Gasteiger partial charge on any atom is -0.388 e. The smallest absolute Gasteiger partial charge is 0.104 e. The monoisotopic (exact) mass is 320 g/mol. The lowest BCUT2D eigenvalue weighted by atomic mass is 9.97. The summed E-state index contributed by atoms with van der Waals surface area (Å²) in [6.07, 6.45) is 6.07. The Morgan fingerprint density at radius 1 is 1.00 bits per heavy atom. The first kappa shape index (κ1) is 18.4. The van der Waals surface area contributed by atoms with Gasteiger partial charge in [-0.3, -0.25) is 0 Å². The Balaban J connectivity index is 2.28. The zero-order valence-corrected chi connectivity index (χ0v) is 15.1. The molecule has 0 saturated heterocycles. The molecule has 0 bridgehead atoms. The minimum absolute atomic E-state index is 0.262. The summed E-state index contributed by atoms with van der Waals surface area (Å²) in [5.41, 5.74) is 3.10. The molecule has 0 amide bonds. The van der Waals surface area contributed by atoms with Crippen LogP contribution in [0.5, 0.6) is 0 Å². The van der Waals surface area contributed by atoms with E-state index in [1.54, 1.807) is 13.0 Å². The Morgan fingerprint density at radius 2 is 1.65 bits per heavy atom. The van der Waals surface area contributed by atoms with E-state index in [1.807, 2.05) is 6.92 Å². The van der Waals surface area contributed by atoms with Crippen LogP contribution in [0.4, 0.5) is 0 Å². The number of rotatable bonds is 0. The van der Waals surface area contributed by atoms with Crippen molar-refractivity contribution in [1.29, 1.82) is 0 Å². The van der Waals surface area contributed by atoms with Gasteiger partial charge in [0.2, 0.25) is 0 Å². The van der Waals surface area contributed by atoms with E-state index < -0.39 is 18.3 Å². The van der Waals surface area contributed by atoms with Gasteiger partial charge in [-0.1, -0.05) is 37.6 Å². The van der Waals surface area contributed by atoms with Crippen LogP contribution in [0, 0.1) is 17.3 Å². The molecule has 0 radical (unpaired) electrons. The number of aliphatic hydroxyl groups excluding tert-OH is 3. The summed E-state index contributed by atoms with van der Waals surface area (Å²) in [5, 5.41) is 30.8. The molecular formula is C20H32O3. The SMILES string of the molecule is C/C1=C/CC(O)/C(C)=C\C(O)C(O)/C(C)=C\C2C(CC1)C2(C)C. The quantitative estimate of drug-likeness (QED) is 0.600. The van der Waals surface area contributed by atoms with Crippen LogP contribution in [0.25, 0.3) is 0 Å². The molecule has 2 rings (SSSR count). The molecule has 3 nitrogen and oxygen atoms in total. The van der Waals surface area contributed by atoms with Gasteiger partial charge in [0, 0.05) is 0 Å². The molecule has 2 aliphatic carbocycles. The summed E-state index contributed by atoms with van der Waals surface area (Å²) < 4.78 is 0. The molecule has 5 atom stereocenters. The Labute approximate surface area is 140 Å². The first-order valence-corrected chi connectivity index (χ1v) is 8.71. The highest BCUT2D eigenvalue weighted by atomic mass is 16.3. The summed E-state index contributed by atoms with van der Waals surface area (Å²) in [4.78, 5) is 0. The molecule has 0 aromatic carbocycles. The van der Waals surface area contributed by atoms with Crippen LogP contribution in [0.1, 0.15) is 53.9 Å². The van der Waals surface area contributed by atoms with Gasteiger partial charge in [0.15, 0.2) is 0 Å². The first-order valence-electron chi connectivity index (χ1n) is 8.71. The molecule has 23 heavy (non-hydrogen) atoms. The summed E-state index contributed by atoms with van der Waals surface area (Å²) in [6.45, 7) is 10.4. The van der Waals surface area contributed by atoms with Crippen molar-refractivity contribution in [3.8, 4) is 0 Å². The minimum atomic E-state index is -0.978. The second-order valence-electron chi connectivity index (χ2n) is 8.05. The molecule has 3 heteroatoms. The first-order chi connectivity index (χ1) is 10.6. The lowest BCUT2D eigenvalue weighted by Gasteiger charge is -2.18. The van der Waals surface area contributed by atoms with Crippen LogP contribution in [0.2, 0.25) is 0 Å². The average molecular weight is 320 g/mol. The zero-order valence-electron chi connectivity index (χ0n) is 15.1. The van der Waals surface area contributed by atoms with E-state index in [0.717, 1.165) is 18.4 Å². The van der Waals surface area contributed by atoms with E-state index in [-0.39, 0.29) is 5.41 Å². The van der Waals surface area contributed by atoms with Gasteiger partial charge in [-0.15, -0.1) is 0 Å². The molecular weight excluding hydrogens is 288 g/mol. The van der Waals surface area contributed by atoms with Crippen LogP contribution in [-0.2, 0) is 0 Å². The summed E-state index contributed by atoms with van der Waals surface area (Å²) in [7, 11) is 0. The zero-order chi connectivity index (χ0) is 17.4. The molecule has 5 unspecified atom stereocenters. The molecule has 0 heterocycles. The maximum Gasteiger partial charge on any atom is 0.104 e. The van der Waals surface area contributed by atoms with E-state index in [2.05, 4.69) is 32.9 Å². The van der Waals surface area contributed by atoms with Crippen LogP contribution in [0.3, 0.4) is 0 Å². The number of allylic oxidation sites excluding steroid dienone is 2. The topological polar surface area (TPSA) is 60.7 Å². The van der Waals surface area contributed by atoms with Crippen molar-refractivity contribution in [1.82, 2.24) is 0 Å². The largest absolute Gasteiger partial charge is 0.388 e. The van der Waals surface area contributed by atoms with Gasteiger partial charge in [0.25, 0.3) is 0 Å². The van der Waals surface area contributed by atoms with Crippen LogP contribution in [-0.4, -0.2) is 33.6 Å². The van der Waals surface area contributed by atoms with Crippen molar-refractivity contribution in [2.45, 2.75) is 72.2 Å². The molecule has 0 aliphatic heterocycles. The normalized spacial score (nSPS) is 45.4. The molecule has 0 aromatic heterocycles. The third-order valence-electron chi connectivity index (χ3n) is 5.87. The molecule has 1 fully saturated rings. The van der Waals surface area contributed by atoms with E-state index in [9.17, 15) is 15.3 Å². The molecule has 0 aromatic rings. The maximum atomic E-state index is 10.4. The van der Waals surface area contributed by atoms with Gasteiger partial charge in [-0.25, -0.2) is 0 Å². The summed E-state index contributed by atoms with van der Waals surface area (Å²) in [5.74, 6) is 1.09. The van der Waals surface area contributed by atoms with Crippen LogP contribution >= 0.6 is 0 Å². The van der Waals surface area contributed by atoms with Crippen LogP contribution < -0.4 is 0 Å². The van der Waals surface area contributed by atoms with Crippen molar-refractivity contribution >= 4 is 0 Å². The Morgan fingerprint density at radius 3 is 2.30 bits per heavy atom. The number of hydrogen-bond donors (Lipinski definition) is 3. The molecule has 2 aliphatic rings. The van der Waals surface area contributed by atoms with Gasteiger partial charge in [-0.2, -0.15) is 0 Å². The van der Waals surface area contributed by atoms with Crippen molar-refractivity contribution in [3.63, 3.8) is 0 Å². The van der Waals surface area contributed by atoms with Crippen molar-refractivity contribution < 1.29 is 15.3 Å². The summed E-state index contributed by atoms with van der Waals surface area (Å²) in [6, 6.07) is 0. The maximum absolute atomic E-state index is 10.4. The lowest BCUT2D eigenvalue weighted by molar-refractivity contribution is 0.0711. The second-order valence-corrected chi connectivity index (χ2v) is 8.05. The Kier molecular flexibility index (Phi) is 5.55. The number of aliphatic hydroxyl groups is 3. The van der Waals surface area contributed by atoms with E-state index in [1.165, 1.54) is 5.57 Å². The van der Waals surface area contributed by atoms with E-state index in [0.29, 0.717) is 23.8 Å². The highest BCUT2D eigenvalue weighted by Crippen LogP contribution is 2.61. The van der Waals surface area contributed by atoms with E-state index in [4.69, 9.17) is 0 Å². The molecule has 3 N–H and O–H groups in total. The highest BCUT2D eigenvalue weighted by molar-refractivity contribution is 5.23. The fraction of sp³-hybridized carbons (Fsp3) is 0.700. The van der Waals surface area contributed by atoms with Crippen LogP contribution in [0.15, 0.2) is 34.9 Å². The fourth-order valence-corrected chi connectivity index (χ4v) is 3.78. The van der Waals surface area contributed by atoms with Crippen molar-refractivity contribution in [3.05, 3.63) is 34.9 Å². The molecule has 130 valence electrons. The highest BCUT2D eigenvalue weighted by Gasteiger charge is 2.55. The lowest BCUT2D eigenvalue weighted by Crippen LogP contribution is -2.26. The third-order valence-corrected chi connectivity index (χ3v) is 5.87. The van der Waals surface area contributed by atoms with E-state index >= 15 is 0 Å². The van der Waals surface area contributed by atoms with Gasteiger partial charge in [0.1, 0.15) is 12.2 Å². The number of hydrogen-bond acceptors (Lipinski definition) is 3. The number of fused-ring (bicyclic) bond motifs is 1. The second kappa shape index (κ2) is 6.92. The molecule has 1 saturated carbocycles. The van der Waals surface area contributed by atoms with Gasteiger partial charge < -0.3 is 15.3 Å². The van der Waals surface area contributed by atoms with Gasteiger partial charge >= 0.3 is 0 Å².